The van der Waals surface area contributed by atoms with Crippen molar-refractivity contribution in [3.05, 3.63) is 76.8 Å². The smallest absolute Gasteiger partial charge is 0.0896 e. The van der Waals surface area contributed by atoms with E-state index in [-0.39, 0.29) is 12.1 Å². The minimum atomic E-state index is 0.162. The number of nitrogens with one attached hydrogen (secondary N) is 1. The molecule has 2 aliphatic heterocycles. The van der Waals surface area contributed by atoms with Crippen LogP contribution in [-0.2, 0) is 4.74 Å². The lowest BCUT2D eigenvalue weighted by Gasteiger charge is -2.43. The summed E-state index contributed by atoms with van der Waals surface area (Å²) in [6.45, 7) is 0.848. The van der Waals surface area contributed by atoms with Gasteiger partial charge in [0.15, 0.2) is 0 Å². The molecule has 0 aromatic heterocycles. The molecule has 0 spiro atoms. The molecule has 1 saturated heterocycles. The van der Waals surface area contributed by atoms with Crippen LogP contribution in [0, 0.1) is 5.92 Å². The van der Waals surface area contributed by atoms with Gasteiger partial charge in [0.25, 0.3) is 0 Å². The summed E-state index contributed by atoms with van der Waals surface area (Å²) >= 11 is 6.10. The molecule has 0 saturated carbocycles. The van der Waals surface area contributed by atoms with E-state index < -0.39 is 0 Å². The maximum Gasteiger partial charge on any atom is 0.0896 e. The zero-order valence-corrected chi connectivity index (χ0v) is 14.7. The quantitative estimate of drug-likeness (QED) is 0.570. The van der Waals surface area contributed by atoms with E-state index in [1.54, 1.807) is 0 Å². The molecule has 0 amide bonds. The summed E-state index contributed by atoms with van der Waals surface area (Å²) in [4.78, 5) is 0. The highest BCUT2D eigenvalue weighted by molar-refractivity contribution is 6.30. The second kappa shape index (κ2) is 6.05. The molecule has 126 valence electrons. The first-order valence-corrected chi connectivity index (χ1v) is 9.34. The highest BCUT2D eigenvalue weighted by atomic mass is 35.5. The molecule has 0 radical (unpaired) electrons. The lowest BCUT2D eigenvalue weighted by molar-refractivity contribution is -0.0380. The average molecular weight is 350 g/mol. The van der Waals surface area contributed by atoms with E-state index >= 15 is 0 Å². The molecule has 5 rings (SSSR count). The van der Waals surface area contributed by atoms with Gasteiger partial charge >= 0.3 is 0 Å². The normalized spacial score (nSPS) is 25.1. The van der Waals surface area contributed by atoms with E-state index in [1.165, 1.54) is 34.0 Å². The van der Waals surface area contributed by atoms with Crippen LogP contribution in [0.1, 0.15) is 36.1 Å². The van der Waals surface area contributed by atoms with Crippen molar-refractivity contribution in [1.82, 2.24) is 0 Å². The maximum atomic E-state index is 6.27. The predicted octanol–water partition coefficient (Wildman–Crippen LogP) is 6.13. The molecular weight excluding hydrogens is 330 g/mol. The number of benzene rings is 3. The lowest BCUT2D eigenvalue weighted by atomic mass is 9.77. The van der Waals surface area contributed by atoms with E-state index in [9.17, 15) is 0 Å². The molecule has 2 nitrogen and oxygen atoms in total. The van der Waals surface area contributed by atoms with Gasteiger partial charge in [0, 0.05) is 34.2 Å². The fraction of sp³-hybridized carbons (Fsp3) is 0.273. The largest absolute Gasteiger partial charge is 0.377 e. The van der Waals surface area contributed by atoms with Gasteiger partial charge in [-0.2, -0.15) is 0 Å². The number of hydrogen-bond acceptors (Lipinski definition) is 2. The van der Waals surface area contributed by atoms with Gasteiger partial charge in [-0.05, 0) is 35.9 Å². The van der Waals surface area contributed by atoms with Crippen LogP contribution in [-0.4, -0.2) is 6.61 Å². The molecule has 3 aromatic rings. The van der Waals surface area contributed by atoms with E-state index in [4.69, 9.17) is 16.3 Å². The summed E-state index contributed by atoms with van der Waals surface area (Å²) in [5, 5.41) is 7.16. The van der Waals surface area contributed by atoms with E-state index in [0.717, 1.165) is 18.1 Å². The molecule has 25 heavy (non-hydrogen) atoms. The zero-order valence-electron chi connectivity index (χ0n) is 13.9. The molecule has 2 heterocycles. The van der Waals surface area contributed by atoms with Crippen molar-refractivity contribution in [3.63, 3.8) is 0 Å². The Labute approximate surface area is 152 Å². The summed E-state index contributed by atoms with van der Waals surface area (Å²) in [5.74, 6) is 0.448. The first-order valence-electron chi connectivity index (χ1n) is 8.96. The fourth-order valence-corrected chi connectivity index (χ4v) is 4.54. The van der Waals surface area contributed by atoms with Crippen molar-refractivity contribution in [2.45, 2.75) is 25.0 Å². The van der Waals surface area contributed by atoms with Gasteiger partial charge in [-0.25, -0.2) is 0 Å². The standard InChI is InChI=1S/C22H20ClNO/c23-16-10-7-15(8-11-16)20-18-6-3-13-25-22(18)19-12-9-14-4-1-2-5-17(14)21(19)24-20/h1-2,4-5,7-12,18,20,22,24H,3,6,13H2/t18-,20+,22-/m0/s1. The van der Waals surface area contributed by atoms with E-state index in [0.29, 0.717) is 5.92 Å². The molecular formula is C22H20ClNO. The van der Waals surface area contributed by atoms with Gasteiger partial charge in [0.2, 0.25) is 0 Å². The fourth-order valence-electron chi connectivity index (χ4n) is 4.42. The van der Waals surface area contributed by atoms with Crippen molar-refractivity contribution in [2.24, 2.45) is 5.92 Å². The first-order chi connectivity index (χ1) is 12.3. The molecule has 0 unspecified atom stereocenters. The monoisotopic (exact) mass is 349 g/mol. The third-order valence-corrected chi connectivity index (χ3v) is 5.84. The highest BCUT2D eigenvalue weighted by Gasteiger charge is 2.40. The summed E-state index contributed by atoms with van der Waals surface area (Å²) in [5.41, 5.74) is 3.80. The lowest BCUT2D eigenvalue weighted by Crippen LogP contribution is -2.36. The van der Waals surface area contributed by atoms with Crippen molar-refractivity contribution in [3.8, 4) is 0 Å². The molecule has 0 bridgehead atoms. The Morgan fingerprint density at radius 2 is 1.80 bits per heavy atom. The summed E-state index contributed by atoms with van der Waals surface area (Å²) in [7, 11) is 0. The summed E-state index contributed by atoms with van der Waals surface area (Å²) < 4.78 is 6.27. The summed E-state index contributed by atoms with van der Waals surface area (Å²) in [6.07, 6.45) is 2.46. The van der Waals surface area contributed by atoms with Crippen LogP contribution in [0.25, 0.3) is 10.8 Å². The third kappa shape index (κ3) is 2.52. The van der Waals surface area contributed by atoms with Crippen molar-refractivity contribution < 1.29 is 4.74 Å². The number of ether oxygens (including phenoxy) is 1. The number of rotatable bonds is 1. The van der Waals surface area contributed by atoms with Gasteiger partial charge in [0.05, 0.1) is 12.1 Å². The topological polar surface area (TPSA) is 21.3 Å². The van der Waals surface area contributed by atoms with Crippen molar-refractivity contribution in [1.29, 1.82) is 0 Å². The second-order valence-corrected chi connectivity index (χ2v) is 7.46. The van der Waals surface area contributed by atoms with Crippen LogP contribution in [0.4, 0.5) is 5.69 Å². The van der Waals surface area contributed by atoms with Gasteiger partial charge in [-0.15, -0.1) is 0 Å². The summed E-state index contributed by atoms with van der Waals surface area (Å²) in [6, 6.07) is 21.5. The van der Waals surface area contributed by atoms with Crippen LogP contribution in [0.2, 0.25) is 5.02 Å². The van der Waals surface area contributed by atoms with Crippen LogP contribution < -0.4 is 5.32 Å². The Hall–Kier alpha value is -2.03. The van der Waals surface area contributed by atoms with E-state index in [1.807, 2.05) is 12.1 Å². The Morgan fingerprint density at radius 3 is 2.68 bits per heavy atom. The molecule has 1 N–H and O–H groups in total. The van der Waals surface area contributed by atoms with Gasteiger partial charge in [0.1, 0.15) is 0 Å². The minimum absolute atomic E-state index is 0.162. The first kappa shape index (κ1) is 15.2. The van der Waals surface area contributed by atoms with Crippen LogP contribution in [0.5, 0.6) is 0 Å². The molecule has 1 fully saturated rings. The minimum Gasteiger partial charge on any atom is -0.377 e. The van der Waals surface area contributed by atoms with Gasteiger partial charge in [-0.3, -0.25) is 0 Å². The molecule has 3 aromatic carbocycles. The maximum absolute atomic E-state index is 6.27. The van der Waals surface area contributed by atoms with E-state index in [2.05, 4.69) is 53.8 Å². The Bertz CT molecular complexity index is 921. The molecule has 2 aliphatic rings. The van der Waals surface area contributed by atoms with Gasteiger partial charge in [-0.1, -0.05) is 60.1 Å². The Balaban J connectivity index is 1.67. The average Bonchev–Trinajstić information content (AvgIpc) is 2.68. The Morgan fingerprint density at radius 1 is 0.960 bits per heavy atom. The molecule has 3 atom stereocenters. The van der Waals surface area contributed by atoms with Crippen LogP contribution >= 0.6 is 11.6 Å². The SMILES string of the molecule is Clc1ccc([C@H]2Nc3c(ccc4ccccc34)[C@H]3OCCC[C@@H]23)cc1. The molecule has 3 heteroatoms. The Kier molecular flexibility index (Phi) is 3.69. The third-order valence-electron chi connectivity index (χ3n) is 5.59. The van der Waals surface area contributed by atoms with Crippen molar-refractivity contribution >= 4 is 28.1 Å². The second-order valence-electron chi connectivity index (χ2n) is 7.02. The highest BCUT2D eigenvalue weighted by Crippen LogP contribution is 2.50. The zero-order chi connectivity index (χ0) is 16.8. The van der Waals surface area contributed by atoms with Crippen LogP contribution in [0.15, 0.2) is 60.7 Å². The number of anilines is 1. The number of hydrogen-bond donors (Lipinski definition) is 1. The van der Waals surface area contributed by atoms with Crippen LogP contribution in [0.3, 0.4) is 0 Å². The number of fused-ring (bicyclic) bond motifs is 5. The van der Waals surface area contributed by atoms with Crippen molar-refractivity contribution in [2.75, 3.05) is 11.9 Å². The number of halogens is 1. The molecule has 0 aliphatic carbocycles. The predicted molar refractivity (Wildman–Crippen MR) is 103 cm³/mol. The van der Waals surface area contributed by atoms with Gasteiger partial charge < -0.3 is 10.1 Å².